The number of amides is 1. The highest BCUT2D eigenvalue weighted by Crippen LogP contribution is 2.31. The van der Waals surface area contributed by atoms with Crippen LogP contribution in [-0.2, 0) is 6.42 Å². The summed E-state index contributed by atoms with van der Waals surface area (Å²) < 4.78 is 13.6. The monoisotopic (exact) mass is 336 g/mol. The minimum absolute atomic E-state index is 0.204. The average molecular weight is 336 g/mol. The quantitative estimate of drug-likeness (QED) is 0.740. The number of aromatic amines is 1. The van der Waals surface area contributed by atoms with E-state index < -0.39 is 0 Å². The van der Waals surface area contributed by atoms with Gasteiger partial charge in [0.15, 0.2) is 0 Å². The third kappa shape index (κ3) is 2.61. The molecule has 0 saturated carbocycles. The maximum Gasteiger partial charge on any atom is 0.255 e. The maximum atomic E-state index is 13.6. The molecule has 1 atom stereocenters. The van der Waals surface area contributed by atoms with Gasteiger partial charge >= 0.3 is 0 Å². The second kappa shape index (κ2) is 5.84. The summed E-state index contributed by atoms with van der Waals surface area (Å²) in [6.07, 6.45) is 0.673. The number of nitrogens with one attached hydrogen (secondary N) is 1. The summed E-state index contributed by atoms with van der Waals surface area (Å²) in [4.78, 5) is 29.5. The predicted molar refractivity (Wildman–Crippen MR) is 94.1 cm³/mol. The Morgan fingerprint density at radius 1 is 1.20 bits per heavy atom. The van der Waals surface area contributed by atoms with Crippen LogP contribution in [0.5, 0.6) is 0 Å². The zero-order valence-electron chi connectivity index (χ0n) is 13.8. The standard InChI is InChI=1S/C20H17FN2O2/c1-12-16-10-14(21)7-6-13(16)8-9-23(12)20(25)17-11-19(24)22-18-5-3-2-4-15(17)18/h2-7,10-12H,8-9H2,1H3,(H,22,24). The second-order valence-electron chi connectivity index (χ2n) is 6.36. The predicted octanol–water partition coefficient (Wildman–Crippen LogP) is 3.43. The minimum atomic E-state index is -0.307. The van der Waals surface area contributed by atoms with Gasteiger partial charge in [-0.3, -0.25) is 9.59 Å². The van der Waals surface area contributed by atoms with E-state index in [2.05, 4.69) is 4.98 Å². The lowest BCUT2D eigenvalue weighted by molar-refractivity contribution is 0.0679. The highest BCUT2D eigenvalue weighted by Gasteiger charge is 2.29. The van der Waals surface area contributed by atoms with E-state index in [-0.39, 0.29) is 23.3 Å². The first-order valence-corrected chi connectivity index (χ1v) is 8.26. The largest absolute Gasteiger partial charge is 0.332 e. The summed E-state index contributed by atoms with van der Waals surface area (Å²) in [5.74, 6) is -0.508. The number of benzene rings is 2. The van der Waals surface area contributed by atoms with Crippen LogP contribution in [0, 0.1) is 5.82 Å². The van der Waals surface area contributed by atoms with Gasteiger partial charge in [0, 0.05) is 23.5 Å². The van der Waals surface area contributed by atoms with Crippen molar-refractivity contribution >= 4 is 16.8 Å². The molecule has 0 fully saturated rings. The molecule has 0 spiro atoms. The van der Waals surface area contributed by atoms with E-state index >= 15 is 0 Å². The molecule has 1 amide bonds. The SMILES string of the molecule is CC1c2cc(F)ccc2CCN1C(=O)c1cc(=O)[nH]c2ccccc12. The molecule has 4 nitrogen and oxygen atoms in total. The van der Waals surface area contributed by atoms with E-state index in [0.29, 0.717) is 29.4 Å². The molecule has 2 aromatic carbocycles. The van der Waals surface area contributed by atoms with Crippen LogP contribution in [0.1, 0.15) is 34.5 Å². The van der Waals surface area contributed by atoms with Crippen LogP contribution < -0.4 is 5.56 Å². The lowest BCUT2D eigenvalue weighted by Gasteiger charge is -2.35. The highest BCUT2D eigenvalue weighted by atomic mass is 19.1. The van der Waals surface area contributed by atoms with Gasteiger partial charge in [-0.1, -0.05) is 24.3 Å². The van der Waals surface area contributed by atoms with Crippen molar-refractivity contribution in [3.05, 3.63) is 81.4 Å². The van der Waals surface area contributed by atoms with E-state index in [1.807, 2.05) is 25.1 Å². The van der Waals surface area contributed by atoms with Crippen LogP contribution in [-0.4, -0.2) is 22.3 Å². The topological polar surface area (TPSA) is 53.2 Å². The Hall–Kier alpha value is -2.95. The minimum Gasteiger partial charge on any atom is -0.332 e. The Balaban J connectivity index is 1.79. The van der Waals surface area contributed by atoms with Crippen LogP contribution in [0.15, 0.2) is 53.3 Å². The number of carbonyl (C=O) groups is 1. The summed E-state index contributed by atoms with van der Waals surface area (Å²) in [7, 11) is 0. The van der Waals surface area contributed by atoms with Crippen molar-refractivity contribution in [2.45, 2.75) is 19.4 Å². The first kappa shape index (κ1) is 15.6. The number of H-pyrrole nitrogens is 1. The molecule has 1 unspecified atom stereocenters. The van der Waals surface area contributed by atoms with Crippen LogP contribution in [0.25, 0.3) is 10.9 Å². The van der Waals surface area contributed by atoms with Gasteiger partial charge in [0.05, 0.1) is 11.6 Å². The molecule has 25 heavy (non-hydrogen) atoms. The molecule has 0 saturated heterocycles. The van der Waals surface area contributed by atoms with Crippen molar-refractivity contribution in [2.75, 3.05) is 6.54 Å². The van der Waals surface area contributed by atoms with Gasteiger partial charge in [-0.25, -0.2) is 4.39 Å². The van der Waals surface area contributed by atoms with E-state index in [9.17, 15) is 14.0 Å². The normalized spacial score (nSPS) is 16.7. The summed E-state index contributed by atoms with van der Waals surface area (Å²) in [6.45, 7) is 2.43. The Bertz CT molecular complexity index is 1040. The molecule has 0 radical (unpaired) electrons. The number of nitrogens with zero attached hydrogens (tertiary/aromatic N) is 1. The molecule has 0 aliphatic carbocycles. The summed E-state index contributed by atoms with van der Waals surface area (Å²) in [5, 5.41) is 0.712. The summed E-state index contributed by atoms with van der Waals surface area (Å²) >= 11 is 0. The number of pyridine rings is 1. The van der Waals surface area contributed by atoms with E-state index in [1.165, 1.54) is 18.2 Å². The average Bonchev–Trinajstić information content (AvgIpc) is 2.61. The van der Waals surface area contributed by atoms with Crippen molar-refractivity contribution < 1.29 is 9.18 Å². The Morgan fingerprint density at radius 2 is 2.00 bits per heavy atom. The van der Waals surface area contributed by atoms with Gasteiger partial charge in [0.2, 0.25) is 5.56 Å². The van der Waals surface area contributed by atoms with Crippen molar-refractivity contribution in [3.63, 3.8) is 0 Å². The van der Waals surface area contributed by atoms with E-state index in [0.717, 1.165) is 11.1 Å². The number of hydrogen-bond acceptors (Lipinski definition) is 2. The molecule has 5 heteroatoms. The van der Waals surface area contributed by atoms with Crippen molar-refractivity contribution in [1.29, 1.82) is 0 Å². The molecule has 1 N–H and O–H groups in total. The van der Waals surface area contributed by atoms with Gasteiger partial charge < -0.3 is 9.88 Å². The molecular formula is C20H17FN2O2. The number of halogens is 1. The van der Waals surface area contributed by atoms with Crippen molar-refractivity contribution in [1.82, 2.24) is 9.88 Å². The molecule has 1 aromatic heterocycles. The Labute approximate surface area is 143 Å². The fourth-order valence-electron chi connectivity index (χ4n) is 3.60. The van der Waals surface area contributed by atoms with Crippen molar-refractivity contribution in [2.24, 2.45) is 0 Å². The molecular weight excluding hydrogens is 319 g/mol. The van der Waals surface area contributed by atoms with Gasteiger partial charge in [-0.05, 0) is 42.7 Å². The zero-order valence-corrected chi connectivity index (χ0v) is 13.8. The zero-order chi connectivity index (χ0) is 17.6. The smallest absolute Gasteiger partial charge is 0.255 e. The van der Waals surface area contributed by atoms with Gasteiger partial charge in [-0.15, -0.1) is 0 Å². The number of fused-ring (bicyclic) bond motifs is 2. The van der Waals surface area contributed by atoms with Crippen LogP contribution in [0.2, 0.25) is 0 Å². The van der Waals surface area contributed by atoms with Gasteiger partial charge in [0.1, 0.15) is 5.82 Å². The third-order valence-electron chi connectivity index (χ3n) is 4.89. The fraction of sp³-hybridized carbons (Fsp3) is 0.200. The van der Waals surface area contributed by atoms with Crippen molar-refractivity contribution in [3.8, 4) is 0 Å². The molecule has 1 aliphatic rings. The molecule has 3 aromatic rings. The highest BCUT2D eigenvalue weighted by molar-refractivity contribution is 6.06. The maximum absolute atomic E-state index is 13.6. The molecule has 1 aliphatic heterocycles. The first-order chi connectivity index (χ1) is 12.0. The number of carbonyl (C=O) groups excluding carboxylic acids is 1. The number of hydrogen-bond donors (Lipinski definition) is 1. The second-order valence-corrected chi connectivity index (χ2v) is 6.36. The van der Waals surface area contributed by atoms with E-state index in [1.54, 1.807) is 17.0 Å². The number of rotatable bonds is 1. The molecule has 4 rings (SSSR count). The molecule has 126 valence electrons. The Kier molecular flexibility index (Phi) is 3.64. The van der Waals surface area contributed by atoms with Crippen LogP contribution in [0.4, 0.5) is 4.39 Å². The van der Waals surface area contributed by atoms with E-state index in [4.69, 9.17) is 0 Å². The van der Waals surface area contributed by atoms with Gasteiger partial charge in [-0.2, -0.15) is 0 Å². The Morgan fingerprint density at radius 3 is 2.84 bits per heavy atom. The molecule has 0 bridgehead atoms. The fourth-order valence-corrected chi connectivity index (χ4v) is 3.60. The lowest BCUT2D eigenvalue weighted by atomic mass is 9.92. The van der Waals surface area contributed by atoms with Crippen LogP contribution >= 0.6 is 0 Å². The first-order valence-electron chi connectivity index (χ1n) is 8.26. The van der Waals surface area contributed by atoms with Gasteiger partial charge in [0.25, 0.3) is 5.91 Å². The summed E-state index contributed by atoms with van der Waals surface area (Å²) in [6, 6.07) is 13.1. The number of aromatic nitrogens is 1. The lowest BCUT2D eigenvalue weighted by Crippen LogP contribution is -2.39. The van der Waals surface area contributed by atoms with Crippen LogP contribution in [0.3, 0.4) is 0 Å². The molecule has 2 heterocycles. The third-order valence-corrected chi connectivity index (χ3v) is 4.89. The summed E-state index contributed by atoms with van der Waals surface area (Å²) in [5.41, 5.74) is 2.60. The number of para-hydroxylation sites is 1.